The lowest BCUT2D eigenvalue weighted by atomic mass is 10.1. The predicted molar refractivity (Wildman–Crippen MR) is 358 cm³/mol. The minimum atomic E-state index is -4.35. The molecule has 0 atom stereocenters. The summed E-state index contributed by atoms with van der Waals surface area (Å²) in [4.78, 5) is 21.5. The molecule has 11 nitrogen and oxygen atoms in total. The monoisotopic (exact) mass is 1200 g/mol. The van der Waals surface area contributed by atoms with Gasteiger partial charge in [0.15, 0.2) is 0 Å². The van der Waals surface area contributed by atoms with Crippen LogP contribution in [-0.2, 0) is 6.18 Å². The Bertz CT molecular complexity index is 4070. The van der Waals surface area contributed by atoms with Crippen molar-refractivity contribution >= 4 is 59.5 Å². The number of para-hydroxylation sites is 8. The molecule has 454 valence electrons. The number of halogens is 3. The zero-order chi connectivity index (χ0) is 64.5. The number of rotatable bonds is 11. The molecule has 0 bridgehead atoms. The normalized spacial score (nSPS) is 11.1. The van der Waals surface area contributed by atoms with Gasteiger partial charge in [-0.3, -0.25) is 25.0 Å². The number of benzene rings is 10. The van der Waals surface area contributed by atoms with Crippen molar-refractivity contribution < 1.29 is 43.4 Å². The summed E-state index contributed by atoms with van der Waals surface area (Å²) >= 11 is 0. The van der Waals surface area contributed by atoms with Crippen molar-refractivity contribution in [2.24, 2.45) is 25.0 Å². The number of phenols is 5. The maximum Gasteiger partial charge on any atom is 0.416 e. The fourth-order valence-corrected chi connectivity index (χ4v) is 8.27. The number of phenolic OH excluding ortho intramolecular Hbond substituents is 5. The molecule has 0 aliphatic carbocycles. The number of ether oxygens (including phenoxy) is 1. The zero-order valence-electron chi connectivity index (χ0n) is 51.1. The van der Waals surface area contributed by atoms with E-state index in [0.717, 1.165) is 96.3 Å². The van der Waals surface area contributed by atoms with E-state index in [1.807, 2.05) is 218 Å². The Morgan fingerprint density at radius 3 is 0.955 bits per heavy atom. The fourth-order valence-electron chi connectivity index (χ4n) is 8.27. The Morgan fingerprint density at radius 1 is 0.303 bits per heavy atom. The van der Waals surface area contributed by atoms with Gasteiger partial charge in [-0.15, -0.1) is 0 Å². The standard InChI is InChI=1S/C16H17NO.C15H12F3NO.C15H15NO2.C15H15NO.C14H13NO/c1-11-6-4-7-12(2)15(11)17-10-14-9-5-8-13(3)16(14)18;1-10-3-2-4-11(14(10)20)9-19-13-7-5-12(6-8-13)15(16,17)18;1-11-4-3-5-12(15(11)17)10-16-13-6-8-14(18-2)9-7-13;1-11-6-3-4-9-14(11)16-10-13-8-5-7-12(2)15(13)17;1-11-6-5-7-12(14(11)16)10-15-13-8-3-2-4-9-13/h4-10,18H,1-3H3;2-9,20H,1H3;3-10,17H,1-2H3;3-10,17H,1-2H3;2-10,16H,1H3. The van der Waals surface area contributed by atoms with Gasteiger partial charge in [0.2, 0.25) is 0 Å². The van der Waals surface area contributed by atoms with Crippen molar-refractivity contribution in [1.82, 2.24) is 0 Å². The first-order valence-corrected chi connectivity index (χ1v) is 28.2. The van der Waals surface area contributed by atoms with E-state index in [0.29, 0.717) is 39.6 Å². The Hall–Kier alpha value is -10.9. The topological polar surface area (TPSA) is 172 Å². The zero-order valence-corrected chi connectivity index (χ0v) is 51.1. The van der Waals surface area contributed by atoms with Crippen LogP contribution >= 0.6 is 0 Å². The summed E-state index contributed by atoms with van der Waals surface area (Å²) in [5.74, 6) is 2.07. The van der Waals surface area contributed by atoms with Gasteiger partial charge < -0.3 is 30.3 Å². The summed E-state index contributed by atoms with van der Waals surface area (Å²) in [6, 6.07) is 63.3. The molecule has 0 spiro atoms. The molecule has 0 fully saturated rings. The van der Waals surface area contributed by atoms with Gasteiger partial charge in [0.05, 0.1) is 41.1 Å². The van der Waals surface area contributed by atoms with E-state index in [4.69, 9.17) is 4.74 Å². The summed E-state index contributed by atoms with van der Waals surface area (Å²) in [5, 5.41) is 49.2. The van der Waals surface area contributed by atoms with Crippen LogP contribution in [0.4, 0.5) is 41.6 Å². The van der Waals surface area contributed by atoms with Crippen LogP contribution in [0, 0.1) is 55.4 Å². The number of nitrogens with zero attached hydrogens (tertiary/aromatic N) is 5. The van der Waals surface area contributed by atoms with E-state index < -0.39 is 11.7 Å². The number of aromatic hydroxyl groups is 5. The number of aliphatic imine (C=N–C) groups is 5. The van der Waals surface area contributed by atoms with E-state index in [9.17, 15) is 38.7 Å². The van der Waals surface area contributed by atoms with Gasteiger partial charge in [-0.1, -0.05) is 115 Å². The van der Waals surface area contributed by atoms with Gasteiger partial charge in [0.25, 0.3) is 0 Å². The highest BCUT2D eigenvalue weighted by Gasteiger charge is 2.30. The smallest absolute Gasteiger partial charge is 0.416 e. The predicted octanol–water partition coefficient (Wildman–Crippen LogP) is 19.2. The maximum atomic E-state index is 12.4. The summed E-state index contributed by atoms with van der Waals surface area (Å²) in [7, 11) is 1.63. The summed E-state index contributed by atoms with van der Waals surface area (Å²) in [6.45, 7) is 15.3. The van der Waals surface area contributed by atoms with E-state index in [-0.39, 0.29) is 11.5 Å². The molecule has 0 aliphatic heterocycles. The first kappa shape index (κ1) is 67.3. The largest absolute Gasteiger partial charge is 0.507 e. The molecule has 0 unspecified atom stereocenters. The Kier molecular flexibility index (Phi) is 25.1. The molecule has 0 heterocycles. The highest BCUT2D eigenvalue weighted by atomic mass is 19.4. The third-order valence-electron chi connectivity index (χ3n) is 13.7. The molecular formula is C75H72F3N5O6. The van der Waals surface area contributed by atoms with Crippen molar-refractivity contribution in [1.29, 1.82) is 0 Å². The van der Waals surface area contributed by atoms with Gasteiger partial charge in [-0.25, -0.2) is 0 Å². The molecule has 5 N–H and O–H groups in total. The Balaban J connectivity index is 0.000000178. The van der Waals surface area contributed by atoms with E-state index in [1.165, 1.54) is 18.3 Å². The molecule has 0 aromatic heterocycles. The molecule has 0 saturated carbocycles. The van der Waals surface area contributed by atoms with Crippen LogP contribution in [0.25, 0.3) is 0 Å². The average molecular weight is 1200 g/mol. The molecule has 0 saturated heterocycles. The second-order valence-corrected chi connectivity index (χ2v) is 20.5. The van der Waals surface area contributed by atoms with Crippen LogP contribution < -0.4 is 4.74 Å². The number of hydrogen-bond donors (Lipinski definition) is 5. The summed E-state index contributed by atoms with van der Waals surface area (Å²) < 4.78 is 42.3. The molecule has 14 heteroatoms. The fraction of sp³-hybridized carbons (Fsp3) is 0.133. The van der Waals surface area contributed by atoms with Crippen molar-refractivity contribution in [3.05, 3.63) is 290 Å². The van der Waals surface area contributed by atoms with Crippen LogP contribution in [0.15, 0.2) is 237 Å². The number of aryl methyl sites for hydroxylation is 8. The molecule has 10 aromatic carbocycles. The molecule has 0 aliphatic rings. The SMILES string of the molecule is COc1ccc(N=Cc2cccc(C)c2O)cc1.Cc1cccc(C=Nc2c(C)cccc2C)c1O.Cc1cccc(C=Nc2ccc(C(F)(F)F)cc2)c1O.Cc1cccc(C=Nc2ccccc2)c1O.Cc1ccccc1N=Cc1cccc(C)c1O. The van der Waals surface area contributed by atoms with Crippen LogP contribution in [0.5, 0.6) is 34.5 Å². The van der Waals surface area contributed by atoms with E-state index >= 15 is 0 Å². The third kappa shape index (κ3) is 20.7. The minimum absolute atomic E-state index is 0.114. The lowest BCUT2D eigenvalue weighted by molar-refractivity contribution is -0.137. The minimum Gasteiger partial charge on any atom is -0.507 e. The lowest BCUT2D eigenvalue weighted by Crippen LogP contribution is -2.03. The quantitative estimate of drug-likeness (QED) is 0.0807. The van der Waals surface area contributed by atoms with E-state index in [1.54, 1.807) is 57.1 Å². The van der Waals surface area contributed by atoms with Crippen LogP contribution in [0.1, 0.15) is 77.9 Å². The van der Waals surface area contributed by atoms with Crippen LogP contribution in [0.2, 0.25) is 0 Å². The van der Waals surface area contributed by atoms with Gasteiger partial charge in [-0.05, 0) is 197 Å². The van der Waals surface area contributed by atoms with Gasteiger partial charge in [0, 0.05) is 58.9 Å². The van der Waals surface area contributed by atoms with Crippen molar-refractivity contribution in [2.45, 2.75) is 61.6 Å². The maximum absolute atomic E-state index is 12.4. The van der Waals surface area contributed by atoms with Crippen LogP contribution in [-0.4, -0.2) is 63.7 Å². The van der Waals surface area contributed by atoms with Crippen molar-refractivity contribution in [3.63, 3.8) is 0 Å². The third-order valence-corrected chi connectivity index (χ3v) is 13.7. The van der Waals surface area contributed by atoms with Crippen molar-refractivity contribution in [2.75, 3.05) is 7.11 Å². The van der Waals surface area contributed by atoms with Crippen LogP contribution in [0.3, 0.4) is 0 Å². The number of hydrogen-bond acceptors (Lipinski definition) is 11. The summed E-state index contributed by atoms with van der Waals surface area (Å²) in [5.41, 5.74) is 14.3. The van der Waals surface area contributed by atoms with Gasteiger partial charge in [0.1, 0.15) is 34.5 Å². The molecule has 0 radical (unpaired) electrons. The first-order valence-electron chi connectivity index (χ1n) is 28.2. The highest BCUT2D eigenvalue weighted by molar-refractivity contribution is 5.89. The number of alkyl halides is 3. The van der Waals surface area contributed by atoms with Crippen molar-refractivity contribution in [3.8, 4) is 34.5 Å². The van der Waals surface area contributed by atoms with Gasteiger partial charge in [-0.2, -0.15) is 13.2 Å². The average Bonchev–Trinajstić information content (AvgIpc) is 3.74. The van der Waals surface area contributed by atoms with Gasteiger partial charge >= 0.3 is 6.18 Å². The van der Waals surface area contributed by atoms with E-state index in [2.05, 4.69) is 25.0 Å². The molecule has 89 heavy (non-hydrogen) atoms. The number of methoxy groups -OCH3 is 1. The second kappa shape index (κ2) is 33.2. The first-order chi connectivity index (χ1) is 42.6. The molecular weight excluding hydrogens is 1120 g/mol. The Morgan fingerprint density at radius 2 is 0.596 bits per heavy atom. The molecule has 0 amide bonds. The highest BCUT2D eigenvalue weighted by Crippen LogP contribution is 2.32. The summed E-state index contributed by atoms with van der Waals surface area (Å²) in [6.07, 6.45) is 3.83. The molecule has 10 rings (SSSR count). The Labute approximate surface area is 519 Å². The molecule has 10 aromatic rings. The lowest BCUT2D eigenvalue weighted by Gasteiger charge is -2.06. The second-order valence-electron chi connectivity index (χ2n) is 20.5.